The van der Waals surface area contributed by atoms with Crippen molar-refractivity contribution in [2.45, 2.75) is 12.5 Å². The van der Waals surface area contributed by atoms with E-state index in [1.807, 2.05) is 42.5 Å². The van der Waals surface area contributed by atoms with Gasteiger partial charge in [-0.15, -0.1) is 0 Å². The summed E-state index contributed by atoms with van der Waals surface area (Å²) in [5.41, 5.74) is 1.94. The van der Waals surface area contributed by atoms with Crippen LogP contribution in [0.4, 0.5) is 0 Å². The number of benzene rings is 2. The summed E-state index contributed by atoms with van der Waals surface area (Å²) in [6, 6.07) is 13.3. The molecule has 0 amide bonds. The Morgan fingerprint density at radius 1 is 1.04 bits per heavy atom. The van der Waals surface area contributed by atoms with Gasteiger partial charge in [-0.3, -0.25) is 9.69 Å². The molecule has 0 radical (unpaired) electrons. The number of carbonyl (C=O) groups is 1. The van der Waals surface area contributed by atoms with Crippen molar-refractivity contribution in [3.05, 3.63) is 53.6 Å². The first-order valence-electron chi connectivity index (χ1n) is 8.86. The predicted octanol–water partition coefficient (Wildman–Crippen LogP) is 3.01. The summed E-state index contributed by atoms with van der Waals surface area (Å²) in [4.78, 5) is 14.0. The Morgan fingerprint density at radius 2 is 1.78 bits per heavy atom. The number of hydrogen-bond acceptors (Lipinski definition) is 5. The molecule has 2 aromatic carbocycles. The smallest absolute Gasteiger partial charge is 0.308 e. The topological polar surface area (TPSA) is 68.2 Å². The average Bonchev–Trinajstić information content (AvgIpc) is 3.12. The first-order chi connectivity index (χ1) is 13.1. The second-order valence-corrected chi connectivity index (χ2v) is 6.67. The van der Waals surface area contributed by atoms with Crippen molar-refractivity contribution >= 4 is 5.97 Å². The van der Waals surface area contributed by atoms with Gasteiger partial charge < -0.3 is 19.3 Å². The van der Waals surface area contributed by atoms with Crippen LogP contribution in [-0.4, -0.2) is 50.4 Å². The van der Waals surface area contributed by atoms with Gasteiger partial charge in [-0.1, -0.05) is 24.3 Å². The SMILES string of the molecule is COc1ccc(CN2C[C@@H](C(=O)O)[C@H](c3ccccc3OC)C2)c(OC)c1. The minimum absolute atomic E-state index is 0.122. The lowest BCUT2D eigenvalue weighted by molar-refractivity contribution is -0.141. The quantitative estimate of drug-likeness (QED) is 0.807. The zero-order chi connectivity index (χ0) is 19.4. The van der Waals surface area contributed by atoms with Gasteiger partial charge in [-0.2, -0.15) is 0 Å². The minimum Gasteiger partial charge on any atom is -0.497 e. The molecule has 3 rings (SSSR count). The van der Waals surface area contributed by atoms with E-state index >= 15 is 0 Å². The molecule has 144 valence electrons. The second-order valence-electron chi connectivity index (χ2n) is 6.67. The largest absolute Gasteiger partial charge is 0.497 e. The molecule has 27 heavy (non-hydrogen) atoms. The van der Waals surface area contributed by atoms with Crippen LogP contribution in [0.3, 0.4) is 0 Å². The number of aliphatic carboxylic acids is 1. The highest BCUT2D eigenvalue weighted by molar-refractivity contribution is 5.72. The van der Waals surface area contributed by atoms with Crippen LogP contribution in [0, 0.1) is 5.92 Å². The van der Waals surface area contributed by atoms with Crippen LogP contribution in [0.15, 0.2) is 42.5 Å². The fraction of sp³-hybridized carbons (Fsp3) is 0.381. The maximum atomic E-state index is 11.9. The first kappa shape index (κ1) is 19.0. The van der Waals surface area contributed by atoms with Gasteiger partial charge in [-0.05, 0) is 17.7 Å². The highest BCUT2D eigenvalue weighted by Crippen LogP contribution is 2.38. The Morgan fingerprint density at radius 3 is 2.44 bits per heavy atom. The van der Waals surface area contributed by atoms with Crippen molar-refractivity contribution in [1.29, 1.82) is 0 Å². The minimum atomic E-state index is -0.782. The zero-order valence-electron chi connectivity index (χ0n) is 15.8. The molecule has 2 atom stereocenters. The van der Waals surface area contributed by atoms with Gasteiger partial charge in [0.05, 0.1) is 27.2 Å². The van der Waals surface area contributed by atoms with Crippen LogP contribution in [0.2, 0.25) is 0 Å². The van der Waals surface area contributed by atoms with Gasteiger partial charge in [0.2, 0.25) is 0 Å². The van der Waals surface area contributed by atoms with Gasteiger partial charge in [-0.25, -0.2) is 0 Å². The number of carboxylic acids is 1. The van der Waals surface area contributed by atoms with E-state index in [4.69, 9.17) is 14.2 Å². The zero-order valence-corrected chi connectivity index (χ0v) is 15.8. The third-order valence-electron chi connectivity index (χ3n) is 5.14. The predicted molar refractivity (Wildman–Crippen MR) is 102 cm³/mol. The molecule has 1 fully saturated rings. The monoisotopic (exact) mass is 371 g/mol. The molecule has 0 aromatic heterocycles. The third kappa shape index (κ3) is 4.01. The highest BCUT2D eigenvalue weighted by Gasteiger charge is 2.39. The number of likely N-dealkylation sites (tertiary alicyclic amines) is 1. The fourth-order valence-corrected chi connectivity index (χ4v) is 3.78. The van der Waals surface area contributed by atoms with E-state index in [1.165, 1.54) is 0 Å². The van der Waals surface area contributed by atoms with E-state index < -0.39 is 11.9 Å². The molecule has 1 aliphatic rings. The van der Waals surface area contributed by atoms with Crippen LogP contribution < -0.4 is 14.2 Å². The Balaban J connectivity index is 1.84. The molecule has 1 N–H and O–H groups in total. The van der Waals surface area contributed by atoms with E-state index in [1.54, 1.807) is 21.3 Å². The average molecular weight is 371 g/mol. The number of ether oxygens (including phenoxy) is 3. The van der Waals surface area contributed by atoms with Crippen LogP contribution >= 0.6 is 0 Å². The van der Waals surface area contributed by atoms with Gasteiger partial charge >= 0.3 is 5.97 Å². The van der Waals surface area contributed by atoms with E-state index in [-0.39, 0.29) is 5.92 Å². The maximum Gasteiger partial charge on any atom is 0.308 e. The Labute approximate surface area is 159 Å². The van der Waals surface area contributed by atoms with E-state index in [9.17, 15) is 9.90 Å². The molecule has 0 saturated carbocycles. The lowest BCUT2D eigenvalue weighted by Crippen LogP contribution is -2.23. The molecular formula is C21H25NO5. The normalized spacial score (nSPS) is 19.7. The third-order valence-corrected chi connectivity index (χ3v) is 5.14. The van der Waals surface area contributed by atoms with Crippen molar-refractivity contribution in [3.63, 3.8) is 0 Å². The van der Waals surface area contributed by atoms with Gasteiger partial charge in [0.25, 0.3) is 0 Å². The number of rotatable bonds is 7. The van der Waals surface area contributed by atoms with Crippen LogP contribution in [0.25, 0.3) is 0 Å². The summed E-state index contributed by atoms with van der Waals surface area (Å²) >= 11 is 0. The van der Waals surface area contributed by atoms with Crippen LogP contribution in [0.1, 0.15) is 17.0 Å². The number of para-hydroxylation sites is 1. The van der Waals surface area contributed by atoms with Gasteiger partial charge in [0.15, 0.2) is 0 Å². The second kappa shape index (κ2) is 8.31. The molecule has 0 aliphatic carbocycles. The van der Waals surface area contributed by atoms with E-state index in [0.717, 1.165) is 28.4 Å². The van der Waals surface area contributed by atoms with Gasteiger partial charge in [0, 0.05) is 37.2 Å². The number of carboxylic acid groups (broad SMARTS) is 1. The first-order valence-corrected chi connectivity index (χ1v) is 8.86. The lowest BCUT2D eigenvalue weighted by Gasteiger charge is -2.19. The fourth-order valence-electron chi connectivity index (χ4n) is 3.78. The number of nitrogens with zero attached hydrogens (tertiary/aromatic N) is 1. The highest BCUT2D eigenvalue weighted by atomic mass is 16.5. The summed E-state index contributed by atoms with van der Waals surface area (Å²) in [5, 5.41) is 9.75. The molecule has 1 heterocycles. The van der Waals surface area contributed by atoms with Crippen molar-refractivity contribution in [2.75, 3.05) is 34.4 Å². The lowest BCUT2D eigenvalue weighted by atomic mass is 9.88. The van der Waals surface area contributed by atoms with Crippen LogP contribution in [-0.2, 0) is 11.3 Å². The summed E-state index contributed by atoms with van der Waals surface area (Å²) in [6.45, 7) is 1.74. The molecule has 0 bridgehead atoms. The Hall–Kier alpha value is -2.73. The summed E-state index contributed by atoms with van der Waals surface area (Å²) in [5.74, 6) is 0.815. The number of hydrogen-bond donors (Lipinski definition) is 1. The van der Waals surface area contributed by atoms with Gasteiger partial charge in [0.1, 0.15) is 17.2 Å². The molecule has 1 aliphatic heterocycles. The van der Waals surface area contributed by atoms with Crippen molar-refractivity contribution in [2.24, 2.45) is 5.92 Å². The molecule has 0 unspecified atom stereocenters. The maximum absolute atomic E-state index is 11.9. The van der Waals surface area contributed by atoms with E-state index in [0.29, 0.717) is 19.6 Å². The molecule has 1 saturated heterocycles. The van der Waals surface area contributed by atoms with Crippen molar-refractivity contribution in [1.82, 2.24) is 4.90 Å². The molecule has 0 spiro atoms. The summed E-state index contributed by atoms with van der Waals surface area (Å²) in [7, 11) is 4.85. The van der Waals surface area contributed by atoms with Crippen molar-refractivity contribution in [3.8, 4) is 17.2 Å². The molecule has 6 heteroatoms. The Kier molecular flexibility index (Phi) is 5.86. The molecule has 6 nitrogen and oxygen atoms in total. The van der Waals surface area contributed by atoms with E-state index in [2.05, 4.69) is 4.90 Å². The number of methoxy groups -OCH3 is 3. The standard InChI is InChI=1S/C21H25NO5/c1-25-15-9-8-14(20(10-15)27-3)11-22-12-17(18(13-22)21(23)24)16-6-4-5-7-19(16)26-2/h4-10,17-18H,11-13H2,1-3H3,(H,23,24)/t17-,18+/m0/s1. The van der Waals surface area contributed by atoms with Crippen molar-refractivity contribution < 1.29 is 24.1 Å². The molecular weight excluding hydrogens is 346 g/mol. The summed E-state index contributed by atoms with van der Waals surface area (Å²) < 4.78 is 16.2. The summed E-state index contributed by atoms with van der Waals surface area (Å²) in [6.07, 6.45) is 0. The molecule has 2 aromatic rings. The Bertz CT molecular complexity index is 807. The van der Waals surface area contributed by atoms with Crippen LogP contribution in [0.5, 0.6) is 17.2 Å².